The molecule has 0 saturated heterocycles. The number of methoxy groups -OCH3 is 2. The number of para-hydroxylation sites is 1. The lowest BCUT2D eigenvalue weighted by atomic mass is 10.0. The number of carbonyl (C=O) groups excluding carboxylic acids is 1. The first-order chi connectivity index (χ1) is 14.6. The molecule has 0 spiro atoms. The molecule has 30 heavy (non-hydrogen) atoms. The SMILES string of the molecule is COc1ccc(-n2ccc(NC(=O)N[C@H]3CCOc4c(Cl)cccc43)n2)cc1OC. The summed E-state index contributed by atoms with van der Waals surface area (Å²) in [5.41, 5.74) is 1.63. The summed E-state index contributed by atoms with van der Waals surface area (Å²) in [5.74, 6) is 2.26. The number of nitrogens with zero attached hydrogens (tertiary/aromatic N) is 2. The number of urea groups is 1. The molecule has 1 aromatic heterocycles. The fraction of sp³-hybridized carbons (Fsp3) is 0.238. The van der Waals surface area contributed by atoms with Crippen molar-refractivity contribution in [1.82, 2.24) is 15.1 Å². The van der Waals surface area contributed by atoms with Crippen LogP contribution in [0.4, 0.5) is 10.6 Å². The van der Waals surface area contributed by atoms with Crippen LogP contribution >= 0.6 is 11.6 Å². The van der Waals surface area contributed by atoms with E-state index in [9.17, 15) is 4.79 Å². The second kappa shape index (κ2) is 8.54. The molecule has 156 valence electrons. The first-order valence-corrected chi connectivity index (χ1v) is 9.73. The number of aromatic nitrogens is 2. The van der Waals surface area contributed by atoms with Crippen LogP contribution in [0.5, 0.6) is 17.2 Å². The summed E-state index contributed by atoms with van der Waals surface area (Å²) in [5, 5.41) is 10.7. The van der Waals surface area contributed by atoms with Crippen LogP contribution < -0.4 is 24.8 Å². The Bertz CT molecular complexity index is 1070. The summed E-state index contributed by atoms with van der Waals surface area (Å²) >= 11 is 6.19. The van der Waals surface area contributed by atoms with Gasteiger partial charge in [-0.15, -0.1) is 5.10 Å². The summed E-state index contributed by atoms with van der Waals surface area (Å²) in [7, 11) is 3.15. The molecular formula is C21H21ClN4O4. The highest BCUT2D eigenvalue weighted by molar-refractivity contribution is 6.32. The molecule has 0 bridgehead atoms. The smallest absolute Gasteiger partial charge is 0.320 e. The molecule has 0 saturated carbocycles. The Balaban J connectivity index is 1.45. The standard InChI is InChI=1S/C21H21ClN4O4/c1-28-17-7-6-13(12-18(17)29-2)26-10-8-19(25-26)24-21(27)23-16-9-11-30-20-14(16)4-3-5-15(20)22/h3-8,10,12,16H,9,11H2,1-2H3,(H2,23,24,25,27)/t16-/m0/s1. The molecule has 0 aliphatic carbocycles. The molecule has 2 amide bonds. The monoisotopic (exact) mass is 428 g/mol. The summed E-state index contributed by atoms with van der Waals surface area (Å²) in [6.07, 6.45) is 2.40. The highest BCUT2D eigenvalue weighted by Gasteiger charge is 2.24. The molecule has 1 aliphatic heterocycles. The van der Waals surface area contributed by atoms with Crippen LogP contribution in [0, 0.1) is 0 Å². The average molecular weight is 429 g/mol. The zero-order valence-corrected chi connectivity index (χ0v) is 17.3. The molecule has 0 fully saturated rings. The predicted molar refractivity (Wildman–Crippen MR) is 113 cm³/mol. The van der Waals surface area contributed by atoms with Gasteiger partial charge < -0.3 is 19.5 Å². The Kier molecular flexibility index (Phi) is 5.67. The summed E-state index contributed by atoms with van der Waals surface area (Å²) in [6.45, 7) is 0.482. The van der Waals surface area contributed by atoms with E-state index in [4.69, 9.17) is 25.8 Å². The third-order valence-electron chi connectivity index (χ3n) is 4.79. The largest absolute Gasteiger partial charge is 0.493 e. The van der Waals surface area contributed by atoms with Crippen molar-refractivity contribution in [2.24, 2.45) is 0 Å². The minimum Gasteiger partial charge on any atom is -0.493 e. The molecule has 0 unspecified atom stereocenters. The topological polar surface area (TPSA) is 86.6 Å². The van der Waals surface area contributed by atoms with Gasteiger partial charge in [0.25, 0.3) is 0 Å². The fourth-order valence-electron chi connectivity index (χ4n) is 3.35. The molecule has 1 atom stereocenters. The average Bonchev–Trinajstić information content (AvgIpc) is 3.22. The minimum atomic E-state index is -0.356. The van der Waals surface area contributed by atoms with E-state index in [-0.39, 0.29) is 12.1 Å². The van der Waals surface area contributed by atoms with Crippen molar-refractivity contribution in [2.75, 3.05) is 26.1 Å². The molecule has 9 heteroatoms. The molecular weight excluding hydrogens is 408 g/mol. The number of hydrogen-bond acceptors (Lipinski definition) is 5. The van der Waals surface area contributed by atoms with Gasteiger partial charge in [0, 0.05) is 30.3 Å². The van der Waals surface area contributed by atoms with E-state index < -0.39 is 0 Å². The number of benzene rings is 2. The second-order valence-electron chi connectivity index (χ2n) is 6.63. The zero-order chi connectivity index (χ0) is 21.1. The van der Waals surface area contributed by atoms with Crippen molar-refractivity contribution >= 4 is 23.4 Å². The van der Waals surface area contributed by atoms with Crippen LogP contribution in [-0.4, -0.2) is 36.6 Å². The Labute approximate surface area is 178 Å². The van der Waals surface area contributed by atoms with Gasteiger partial charge in [0.05, 0.1) is 37.6 Å². The van der Waals surface area contributed by atoms with E-state index in [1.54, 1.807) is 49.4 Å². The molecule has 2 heterocycles. The van der Waals surface area contributed by atoms with E-state index >= 15 is 0 Å². The Morgan fingerprint density at radius 2 is 2.03 bits per heavy atom. The number of anilines is 1. The highest BCUT2D eigenvalue weighted by Crippen LogP contribution is 2.37. The van der Waals surface area contributed by atoms with Gasteiger partial charge in [-0.1, -0.05) is 23.7 Å². The van der Waals surface area contributed by atoms with Crippen molar-refractivity contribution in [1.29, 1.82) is 0 Å². The molecule has 0 radical (unpaired) electrons. The van der Waals surface area contributed by atoms with E-state index in [2.05, 4.69) is 15.7 Å². The van der Waals surface area contributed by atoms with Crippen LogP contribution in [0.2, 0.25) is 5.02 Å². The number of halogens is 1. The van der Waals surface area contributed by atoms with Crippen molar-refractivity contribution in [3.63, 3.8) is 0 Å². The Morgan fingerprint density at radius 3 is 2.83 bits per heavy atom. The van der Waals surface area contributed by atoms with Gasteiger partial charge >= 0.3 is 6.03 Å². The maximum atomic E-state index is 12.5. The lowest BCUT2D eigenvalue weighted by Gasteiger charge is -2.27. The first-order valence-electron chi connectivity index (χ1n) is 9.36. The fourth-order valence-corrected chi connectivity index (χ4v) is 3.59. The van der Waals surface area contributed by atoms with Crippen molar-refractivity contribution in [3.05, 3.63) is 59.2 Å². The number of amides is 2. The summed E-state index contributed by atoms with van der Waals surface area (Å²) in [4.78, 5) is 12.5. The number of ether oxygens (including phenoxy) is 3. The molecule has 8 nitrogen and oxygen atoms in total. The summed E-state index contributed by atoms with van der Waals surface area (Å²) in [6, 6.07) is 12.1. The van der Waals surface area contributed by atoms with Crippen molar-refractivity contribution < 1.29 is 19.0 Å². The number of nitrogens with one attached hydrogen (secondary N) is 2. The van der Waals surface area contributed by atoms with Gasteiger partial charge in [0.1, 0.15) is 5.75 Å². The predicted octanol–water partition coefficient (Wildman–Crippen LogP) is 4.19. The van der Waals surface area contributed by atoms with Gasteiger partial charge in [-0.2, -0.15) is 0 Å². The van der Waals surface area contributed by atoms with Crippen LogP contribution in [0.25, 0.3) is 5.69 Å². The molecule has 1 aliphatic rings. The second-order valence-corrected chi connectivity index (χ2v) is 7.04. The van der Waals surface area contributed by atoms with E-state index in [0.29, 0.717) is 41.1 Å². The third-order valence-corrected chi connectivity index (χ3v) is 5.09. The van der Waals surface area contributed by atoms with Gasteiger partial charge in [0.2, 0.25) is 0 Å². The van der Waals surface area contributed by atoms with Gasteiger partial charge in [-0.05, 0) is 18.2 Å². The van der Waals surface area contributed by atoms with E-state index in [1.807, 2.05) is 18.2 Å². The third kappa shape index (κ3) is 3.99. The lowest BCUT2D eigenvalue weighted by molar-refractivity contribution is 0.232. The number of carbonyl (C=O) groups is 1. The quantitative estimate of drug-likeness (QED) is 0.636. The minimum absolute atomic E-state index is 0.194. The molecule has 2 aromatic carbocycles. The Hall–Kier alpha value is -3.39. The number of fused-ring (bicyclic) bond motifs is 1. The lowest BCUT2D eigenvalue weighted by Crippen LogP contribution is -2.35. The molecule has 4 rings (SSSR count). The molecule has 2 N–H and O–H groups in total. The van der Waals surface area contributed by atoms with E-state index in [1.165, 1.54) is 0 Å². The zero-order valence-electron chi connectivity index (χ0n) is 16.5. The number of rotatable bonds is 5. The van der Waals surface area contributed by atoms with Gasteiger partial charge in [0.15, 0.2) is 17.3 Å². The normalized spacial score (nSPS) is 15.0. The van der Waals surface area contributed by atoms with Crippen LogP contribution in [0.3, 0.4) is 0 Å². The van der Waals surface area contributed by atoms with Crippen LogP contribution in [-0.2, 0) is 0 Å². The first kappa shape index (κ1) is 19.9. The Morgan fingerprint density at radius 1 is 1.20 bits per heavy atom. The van der Waals surface area contributed by atoms with Crippen LogP contribution in [0.1, 0.15) is 18.0 Å². The van der Waals surface area contributed by atoms with E-state index in [0.717, 1.165) is 11.3 Å². The molecule has 3 aromatic rings. The van der Waals surface area contributed by atoms with Crippen molar-refractivity contribution in [2.45, 2.75) is 12.5 Å². The maximum Gasteiger partial charge on any atom is 0.320 e. The maximum absolute atomic E-state index is 12.5. The van der Waals surface area contributed by atoms with Crippen molar-refractivity contribution in [3.8, 4) is 22.9 Å². The van der Waals surface area contributed by atoms with Crippen LogP contribution in [0.15, 0.2) is 48.7 Å². The van der Waals surface area contributed by atoms with Gasteiger partial charge in [-0.25, -0.2) is 9.48 Å². The highest BCUT2D eigenvalue weighted by atomic mass is 35.5. The number of hydrogen-bond donors (Lipinski definition) is 2. The van der Waals surface area contributed by atoms with Gasteiger partial charge in [-0.3, -0.25) is 5.32 Å². The summed E-state index contributed by atoms with van der Waals surface area (Å²) < 4.78 is 17.9.